The van der Waals surface area contributed by atoms with Gasteiger partial charge in [0.2, 0.25) is 0 Å². The van der Waals surface area contributed by atoms with Crippen LogP contribution in [0.3, 0.4) is 0 Å². The van der Waals surface area contributed by atoms with Gasteiger partial charge in [-0.15, -0.1) is 0 Å². The zero-order valence-electron chi connectivity index (χ0n) is 10.5. The molecular weight excluding hydrogens is 339 g/mol. The Bertz CT molecular complexity index is 747. The molecule has 0 spiro atoms. The smallest absolute Gasteiger partial charge is 0.180 e. The molecule has 0 saturated carbocycles. The van der Waals surface area contributed by atoms with Crippen LogP contribution in [0.15, 0.2) is 12.1 Å². The number of fused-ring (bicyclic) bond motifs is 1. The molecule has 21 heavy (non-hydrogen) atoms. The van der Waals surface area contributed by atoms with Gasteiger partial charge in [0.25, 0.3) is 0 Å². The number of aliphatic hydroxyl groups is 3. The number of H-pyrrole nitrogens is 1. The van der Waals surface area contributed by atoms with Gasteiger partial charge in [-0.2, -0.15) is 0 Å². The van der Waals surface area contributed by atoms with E-state index in [1.54, 1.807) is 12.1 Å². The van der Waals surface area contributed by atoms with Crippen LogP contribution < -0.4 is 0 Å². The second-order valence-electron chi connectivity index (χ2n) is 4.81. The number of aliphatic hydroxyl groups excluding tert-OH is 3. The number of aromatic amines is 1. The lowest BCUT2D eigenvalue weighted by atomic mass is 10.1. The molecule has 3 rings (SSSR count). The zero-order chi connectivity index (χ0) is 15.3. The molecule has 1 saturated heterocycles. The third-order valence-electron chi connectivity index (χ3n) is 3.53. The van der Waals surface area contributed by atoms with Gasteiger partial charge >= 0.3 is 0 Å². The number of nitrogens with one attached hydrogen (secondary N) is 1. The topological polar surface area (TPSA) is 90.6 Å². The predicted molar refractivity (Wildman–Crippen MR) is 80.2 cm³/mol. The van der Waals surface area contributed by atoms with E-state index in [0.29, 0.717) is 21.1 Å². The van der Waals surface area contributed by atoms with E-state index in [-0.39, 0.29) is 4.77 Å². The standard InChI is InChI=1S/C12H12Cl2N2O4S/c13-4-1-6-7(2-5(4)14)16(12(21)15-6)11-10(19)9(18)8(3-17)20-11/h1-2,8-11,17-19H,3H2,(H,15,21)/t8-,9+,10+,11-/m1/s1. The minimum Gasteiger partial charge on any atom is -0.394 e. The van der Waals surface area contributed by atoms with Crippen LogP contribution in [-0.4, -0.2) is 49.8 Å². The number of aromatic nitrogens is 2. The van der Waals surface area contributed by atoms with Crippen molar-refractivity contribution < 1.29 is 20.1 Å². The highest BCUT2D eigenvalue weighted by Gasteiger charge is 2.44. The number of rotatable bonds is 2. The molecule has 1 aromatic carbocycles. The van der Waals surface area contributed by atoms with E-state index in [1.165, 1.54) is 4.57 Å². The summed E-state index contributed by atoms with van der Waals surface area (Å²) >= 11 is 17.2. The van der Waals surface area contributed by atoms with Crippen LogP contribution in [0.5, 0.6) is 0 Å². The second kappa shape index (κ2) is 5.51. The highest BCUT2D eigenvalue weighted by molar-refractivity contribution is 7.71. The van der Waals surface area contributed by atoms with Crippen LogP contribution in [0.1, 0.15) is 6.23 Å². The van der Waals surface area contributed by atoms with Crippen molar-refractivity contribution >= 4 is 46.5 Å². The number of hydrogen-bond acceptors (Lipinski definition) is 5. The van der Waals surface area contributed by atoms with Crippen LogP contribution in [0, 0.1) is 4.77 Å². The molecule has 4 N–H and O–H groups in total. The van der Waals surface area contributed by atoms with E-state index in [2.05, 4.69) is 4.98 Å². The molecule has 0 aliphatic carbocycles. The van der Waals surface area contributed by atoms with E-state index in [9.17, 15) is 10.2 Å². The molecule has 9 heteroatoms. The van der Waals surface area contributed by atoms with E-state index in [1.807, 2.05) is 0 Å². The van der Waals surface area contributed by atoms with Gasteiger partial charge in [0.1, 0.15) is 18.3 Å². The molecule has 2 aromatic rings. The third-order valence-corrected chi connectivity index (χ3v) is 4.55. The zero-order valence-corrected chi connectivity index (χ0v) is 12.9. The van der Waals surface area contributed by atoms with Gasteiger partial charge in [0, 0.05) is 0 Å². The van der Waals surface area contributed by atoms with Crippen molar-refractivity contribution in [3.8, 4) is 0 Å². The predicted octanol–water partition coefficient (Wildman–Crippen LogP) is 1.62. The monoisotopic (exact) mass is 350 g/mol. The number of imidazole rings is 1. The van der Waals surface area contributed by atoms with Gasteiger partial charge in [0.15, 0.2) is 11.0 Å². The lowest BCUT2D eigenvalue weighted by molar-refractivity contribution is -0.0514. The van der Waals surface area contributed by atoms with Gasteiger partial charge in [-0.3, -0.25) is 4.57 Å². The molecular formula is C12H12Cl2N2O4S. The van der Waals surface area contributed by atoms with Crippen molar-refractivity contribution in [2.45, 2.75) is 24.5 Å². The fourth-order valence-electron chi connectivity index (χ4n) is 2.47. The first kappa shape index (κ1) is 15.2. The van der Waals surface area contributed by atoms with Gasteiger partial charge in [0.05, 0.1) is 27.7 Å². The summed E-state index contributed by atoms with van der Waals surface area (Å²) in [6, 6.07) is 3.22. The van der Waals surface area contributed by atoms with Crippen molar-refractivity contribution in [1.82, 2.24) is 9.55 Å². The molecule has 6 nitrogen and oxygen atoms in total. The Morgan fingerprint density at radius 1 is 1.24 bits per heavy atom. The summed E-state index contributed by atoms with van der Waals surface area (Å²) in [5.41, 5.74) is 1.22. The summed E-state index contributed by atoms with van der Waals surface area (Å²) in [7, 11) is 0. The molecule has 1 aliphatic heterocycles. The lowest BCUT2D eigenvalue weighted by Crippen LogP contribution is -2.33. The number of nitrogens with zero attached hydrogens (tertiary/aromatic N) is 1. The first-order chi connectivity index (χ1) is 9.93. The molecule has 1 fully saturated rings. The molecule has 0 amide bonds. The van der Waals surface area contributed by atoms with Crippen molar-refractivity contribution in [3.63, 3.8) is 0 Å². The highest BCUT2D eigenvalue weighted by atomic mass is 35.5. The summed E-state index contributed by atoms with van der Waals surface area (Å²) in [6.45, 7) is -0.406. The Hall–Kier alpha value is -0.670. The van der Waals surface area contributed by atoms with Crippen molar-refractivity contribution in [3.05, 3.63) is 26.9 Å². The SMILES string of the molecule is OC[C@H]1O[C@@H](n2c(=S)[nH]c3cc(Cl)c(Cl)cc32)[C@@H](O)[C@H]1O. The Morgan fingerprint density at radius 2 is 1.90 bits per heavy atom. The lowest BCUT2D eigenvalue weighted by Gasteiger charge is -2.17. The summed E-state index contributed by atoms with van der Waals surface area (Å²) < 4.78 is 7.29. The van der Waals surface area contributed by atoms with Gasteiger partial charge in [-0.05, 0) is 24.4 Å². The Morgan fingerprint density at radius 3 is 2.52 bits per heavy atom. The molecule has 2 heterocycles. The molecule has 114 valence electrons. The largest absolute Gasteiger partial charge is 0.394 e. The summed E-state index contributed by atoms with van der Waals surface area (Å²) in [6.07, 6.45) is -4.22. The molecule has 0 bridgehead atoms. The summed E-state index contributed by atoms with van der Waals surface area (Å²) in [4.78, 5) is 2.94. The van der Waals surface area contributed by atoms with E-state index < -0.39 is 31.1 Å². The van der Waals surface area contributed by atoms with Crippen LogP contribution >= 0.6 is 35.4 Å². The minimum absolute atomic E-state index is 0.290. The van der Waals surface area contributed by atoms with Gasteiger partial charge < -0.3 is 25.0 Å². The molecule has 0 radical (unpaired) electrons. The van der Waals surface area contributed by atoms with Crippen LogP contribution in [0.2, 0.25) is 10.0 Å². The van der Waals surface area contributed by atoms with E-state index in [4.69, 9.17) is 45.3 Å². The second-order valence-corrected chi connectivity index (χ2v) is 6.01. The van der Waals surface area contributed by atoms with Crippen LogP contribution in [0.4, 0.5) is 0 Å². The number of ether oxygens (including phenoxy) is 1. The molecule has 0 unspecified atom stereocenters. The first-order valence-corrected chi connectivity index (χ1v) is 7.32. The molecule has 1 aromatic heterocycles. The maximum atomic E-state index is 10.1. The first-order valence-electron chi connectivity index (χ1n) is 6.15. The fourth-order valence-corrected chi connectivity index (χ4v) is 3.10. The van der Waals surface area contributed by atoms with E-state index >= 15 is 0 Å². The molecule has 4 atom stereocenters. The van der Waals surface area contributed by atoms with Crippen molar-refractivity contribution in [2.24, 2.45) is 0 Å². The van der Waals surface area contributed by atoms with Gasteiger partial charge in [-0.1, -0.05) is 23.2 Å². The average molecular weight is 351 g/mol. The number of benzene rings is 1. The summed E-state index contributed by atoms with van der Waals surface area (Å²) in [5, 5.41) is 29.8. The number of hydrogen-bond donors (Lipinski definition) is 4. The third kappa shape index (κ3) is 2.39. The Kier molecular flexibility index (Phi) is 4.00. The van der Waals surface area contributed by atoms with Crippen molar-refractivity contribution in [2.75, 3.05) is 6.61 Å². The maximum absolute atomic E-state index is 10.1. The Balaban J connectivity index is 2.15. The minimum atomic E-state index is -1.22. The quantitative estimate of drug-likeness (QED) is 0.618. The fraction of sp³-hybridized carbons (Fsp3) is 0.417. The van der Waals surface area contributed by atoms with Crippen LogP contribution in [-0.2, 0) is 4.74 Å². The molecule has 1 aliphatic rings. The van der Waals surface area contributed by atoms with E-state index in [0.717, 1.165) is 0 Å². The number of halogens is 2. The van der Waals surface area contributed by atoms with Crippen LogP contribution in [0.25, 0.3) is 11.0 Å². The maximum Gasteiger partial charge on any atom is 0.180 e. The van der Waals surface area contributed by atoms with Crippen molar-refractivity contribution in [1.29, 1.82) is 0 Å². The average Bonchev–Trinajstić information content (AvgIpc) is 2.89. The summed E-state index contributed by atoms with van der Waals surface area (Å²) in [5.74, 6) is 0. The normalized spacial score (nSPS) is 29.4. The Labute approximate surface area is 134 Å². The van der Waals surface area contributed by atoms with Gasteiger partial charge in [-0.25, -0.2) is 0 Å². The highest BCUT2D eigenvalue weighted by Crippen LogP contribution is 2.34.